The third-order valence-electron chi connectivity index (χ3n) is 8.21. The van der Waals surface area contributed by atoms with Gasteiger partial charge in [0.2, 0.25) is 0 Å². The number of para-hydroxylation sites is 2. The van der Waals surface area contributed by atoms with Gasteiger partial charge < -0.3 is 24.4 Å². The van der Waals surface area contributed by atoms with Crippen LogP contribution in [0.2, 0.25) is 0 Å². The second-order valence-electron chi connectivity index (χ2n) is 10.0. The molecular formula is C31H24O5. The first-order valence-corrected chi connectivity index (χ1v) is 12.4. The first-order chi connectivity index (χ1) is 17.7. The smallest absolute Gasteiger partial charge is 0.120 e. The number of ether oxygens (including phenoxy) is 3. The number of phenols is 2. The zero-order valence-corrected chi connectivity index (χ0v) is 19.4. The first kappa shape index (κ1) is 20.5. The Hall–Kier alpha value is -3.64. The van der Waals surface area contributed by atoms with Crippen LogP contribution in [0.3, 0.4) is 0 Å². The maximum Gasteiger partial charge on any atom is 0.120 e. The maximum absolute atomic E-state index is 11.4. The molecule has 4 atom stereocenters. The number of benzene rings is 4. The largest absolute Gasteiger partial charge is 0.508 e. The molecule has 8 rings (SSSR count). The molecule has 4 aromatic rings. The molecule has 5 nitrogen and oxygen atoms in total. The van der Waals surface area contributed by atoms with Crippen molar-refractivity contribution in [2.24, 2.45) is 0 Å². The molecule has 0 saturated carbocycles. The van der Waals surface area contributed by atoms with E-state index in [1.54, 1.807) is 12.1 Å². The average Bonchev–Trinajstić information content (AvgIpc) is 3.82. The van der Waals surface area contributed by atoms with Gasteiger partial charge in [0.25, 0.3) is 0 Å². The van der Waals surface area contributed by atoms with Crippen molar-refractivity contribution in [1.29, 1.82) is 0 Å². The topological polar surface area (TPSA) is 74.8 Å². The van der Waals surface area contributed by atoms with E-state index in [1.165, 1.54) is 0 Å². The summed E-state index contributed by atoms with van der Waals surface area (Å²) in [6.45, 7) is 1.07. The van der Waals surface area contributed by atoms with Crippen molar-refractivity contribution in [3.8, 4) is 22.6 Å². The van der Waals surface area contributed by atoms with Crippen LogP contribution >= 0.6 is 0 Å². The summed E-state index contributed by atoms with van der Waals surface area (Å²) in [5.74, 6) is 0.363. The van der Waals surface area contributed by atoms with Crippen molar-refractivity contribution in [3.63, 3.8) is 0 Å². The van der Waals surface area contributed by atoms with E-state index in [9.17, 15) is 10.2 Å². The highest BCUT2D eigenvalue weighted by atomic mass is 16.6. The average molecular weight is 477 g/mol. The van der Waals surface area contributed by atoms with Crippen molar-refractivity contribution in [3.05, 3.63) is 118 Å². The molecule has 2 saturated heterocycles. The molecular weight excluding hydrogens is 452 g/mol. The fraction of sp³-hybridized carbons (Fsp3) is 0.226. The van der Waals surface area contributed by atoms with Crippen molar-refractivity contribution in [2.75, 3.05) is 13.2 Å². The van der Waals surface area contributed by atoms with E-state index >= 15 is 0 Å². The number of phenolic OH excluding ortho intramolecular Hbond substituents is 2. The quantitative estimate of drug-likeness (QED) is 0.335. The van der Waals surface area contributed by atoms with Gasteiger partial charge in [0.15, 0.2) is 0 Å². The number of fused-ring (bicyclic) bond motifs is 9. The molecule has 3 heterocycles. The monoisotopic (exact) mass is 476 g/mol. The Morgan fingerprint density at radius 3 is 1.89 bits per heavy atom. The molecule has 5 heteroatoms. The van der Waals surface area contributed by atoms with Crippen LogP contribution in [-0.4, -0.2) is 35.6 Å². The van der Waals surface area contributed by atoms with Gasteiger partial charge in [0, 0.05) is 11.1 Å². The molecule has 4 aliphatic rings. The van der Waals surface area contributed by atoms with Gasteiger partial charge in [-0.05, 0) is 45.5 Å². The second-order valence-corrected chi connectivity index (χ2v) is 10.0. The Kier molecular flexibility index (Phi) is 4.11. The molecule has 2 N–H and O–H groups in total. The van der Waals surface area contributed by atoms with E-state index in [0.29, 0.717) is 13.2 Å². The minimum absolute atomic E-state index is 0.0251. The Labute approximate surface area is 208 Å². The summed E-state index contributed by atoms with van der Waals surface area (Å²) in [5, 5.41) is 22.7. The second kappa shape index (κ2) is 7.20. The fourth-order valence-corrected chi connectivity index (χ4v) is 6.65. The maximum atomic E-state index is 11.4. The van der Waals surface area contributed by atoms with Crippen LogP contribution in [0.5, 0.6) is 11.5 Å². The Bertz CT molecular complexity index is 1500. The van der Waals surface area contributed by atoms with Crippen LogP contribution in [0.15, 0.2) is 84.9 Å². The Balaban J connectivity index is 1.56. The molecule has 4 unspecified atom stereocenters. The number of aromatic hydroxyl groups is 2. The van der Waals surface area contributed by atoms with Crippen molar-refractivity contribution in [1.82, 2.24) is 0 Å². The predicted octanol–water partition coefficient (Wildman–Crippen LogP) is 5.37. The van der Waals surface area contributed by atoms with Crippen LogP contribution in [0.4, 0.5) is 0 Å². The van der Waals surface area contributed by atoms with E-state index in [0.717, 1.165) is 44.5 Å². The lowest BCUT2D eigenvalue weighted by molar-refractivity contribution is 0.102. The minimum Gasteiger partial charge on any atom is -0.508 e. The summed E-state index contributed by atoms with van der Waals surface area (Å²) in [4.78, 5) is 0. The normalized spacial score (nSPS) is 26.2. The molecule has 4 aromatic carbocycles. The van der Waals surface area contributed by atoms with Crippen molar-refractivity contribution in [2.45, 2.75) is 29.8 Å². The Morgan fingerprint density at radius 1 is 0.611 bits per heavy atom. The van der Waals surface area contributed by atoms with Gasteiger partial charge in [-0.25, -0.2) is 0 Å². The van der Waals surface area contributed by atoms with Crippen LogP contribution in [0.25, 0.3) is 11.1 Å². The molecule has 0 amide bonds. The van der Waals surface area contributed by atoms with Crippen LogP contribution < -0.4 is 0 Å². The van der Waals surface area contributed by atoms with Gasteiger partial charge in [-0.3, -0.25) is 0 Å². The Morgan fingerprint density at radius 2 is 1.19 bits per heavy atom. The molecule has 1 aliphatic carbocycles. The molecule has 0 bridgehead atoms. The standard InChI is InChI=1S/C31H24O5/c32-23-11-5-3-9-21(23)31(22-10-4-6-12-24(22)33)20-8-2-1-7-17(20)18-13-14-19-27(28(18)31)30-26(36-30)16-34-15-25-29(19)35-25/h1-14,25-26,29-30,32-33H,15-16H2. The lowest BCUT2D eigenvalue weighted by atomic mass is 9.65. The third kappa shape index (κ3) is 2.60. The predicted molar refractivity (Wildman–Crippen MR) is 133 cm³/mol. The third-order valence-corrected chi connectivity index (χ3v) is 8.21. The molecule has 3 aliphatic heterocycles. The first-order valence-electron chi connectivity index (χ1n) is 12.4. The number of rotatable bonds is 2. The zero-order chi connectivity index (χ0) is 24.0. The molecule has 0 radical (unpaired) electrons. The van der Waals surface area contributed by atoms with E-state index in [2.05, 4.69) is 24.3 Å². The minimum atomic E-state index is -0.941. The fourth-order valence-electron chi connectivity index (χ4n) is 6.65. The SMILES string of the molecule is Oc1ccccc1C1(c2ccccc2O)c2ccccc2-c2ccc3c(c21)C1OC1COCC1OC31. The van der Waals surface area contributed by atoms with Gasteiger partial charge in [0.1, 0.15) is 35.9 Å². The highest BCUT2D eigenvalue weighted by Crippen LogP contribution is 2.64. The molecule has 178 valence electrons. The summed E-state index contributed by atoms with van der Waals surface area (Å²) in [5.41, 5.74) is 6.97. The molecule has 2 fully saturated rings. The highest BCUT2D eigenvalue weighted by molar-refractivity contribution is 5.89. The van der Waals surface area contributed by atoms with Gasteiger partial charge in [-0.2, -0.15) is 0 Å². The number of epoxide rings is 2. The number of hydrogen-bond acceptors (Lipinski definition) is 5. The van der Waals surface area contributed by atoms with E-state index in [4.69, 9.17) is 14.2 Å². The highest BCUT2D eigenvalue weighted by Gasteiger charge is 2.57. The molecule has 0 spiro atoms. The number of hydrogen-bond donors (Lipinski definition) is 2. The summed E-state index contributed by atoms with van der Waals surface area (Å²) < 4.78 is 18.2. The summed E-state index contributed by atoms with van der Waals surface area (Å²) in [6.07, 6.45) is -0.178. The van der Waals surface area contributed by atoms with E-state index < -0.39 is 5.41 Å². The summed E-state index contributed by atoms with van der Waals surface area (Å²) >= 11 is 0. The summed E-state index contributed by atoms with van der Waals surface area (Å²) in [6, 6.07) is 27.6. The van der Waals surface area contributed by atoms with E-state index in [1.807, 2.05) is 48.5 Å². The van der Waals surface area contributed by atoms with Crippen molar-refractivity contribution >= 4 is 0 Å². The lowest BCUT2D eigenvalue weighted by Crippen LogP contribution is -2.30. The molecule has 36 heavy (non-hydrogen) atoms. The van der Waals surface area contributed by atoms with Crippen LogP contribution in [-0.2, 0) is 19.6 Å². The zero-order valence-electron chi connectivity index (χ0n) is 19.4. The van der Waals surface area contributed by atoms with Gasteiger partial charge in [0.05, 0.1) is 18.6 Å². The van der Waals surface area contributed by atoms with Crippen molar-refractivity contribution < 1.29 is 24.4 Å². The van der Waals surface area contributed by atoms with Gasteiger partial charge in [-0.15, -0.1) is 0 Å². The van der Waals surface area contributed by atoms with Crippen LogP contribution in [0, 0.1) is 0 Å². The molecule has 0 aromatic heterocycles. The van der Waals surface area contributed by atoms with E-state index in [-0.39, 0.29) is 35.9 Å². The van der Waals surface area contributed by atoms with Gasteiger partial charge >= 0.3 is 0 Å². The lowest BCUT2D eigenvalue weighted by Gasteiger charge is -2.36. The van der Waals surface area contributed by atoms with Crippen LogP contribution in [0.1, 0.15) is 45.6 Å². The summed E-state index contributed by atoms with van der Waals surface area (Å²) in [7, 11) is 0. The van der Waals surface area contributed by atoms with Gasteiger partial charge in [-0.1, -0.05) is 72.8 Å².